The summed E-state index contributed by atoms with van der Waals surface area (Å²) in [5, 5.41) is 0. The van der Waals surface area contributed by atoms with Crippen LogP contribution in [0.25, 0.3) is 0 Å². The topological polar surface area (TPSA) is 26.3 Å². The first kappa shape index (κ1) is 10.6. The predicted molar refractivity (Wildman–Crippen MR) is 45.6 cm³/mol. The summed E-state index contributed by atoms with van der Waals surface area (Å²) in [6.07, 6.45) is 7.00. The Morgan fingerprint density at radius 3 is 2.55 bits per heavy atom. The zero-order valence-electron chi connectivity index (χ0n) is 7.34. The van der Waals surface area contributed by atoms with Crippen LogP contribution in [-0.2, 0) is 9.53 Å². The van der Waals surface area contributed by atoms with Gasteiger partial charge in [-0.05, 0) is 6.42 Å². The van der Waals surface area contributed by atoms with Crippen LogP contribution in [0.3, 0.4) is 0 Å². The molecule has 2 nitrogen and oxygen atoms in total. The van der Waals surface area contributed by atoms with Gasteiger partial charge in [-0.15, -0.1) is 0 Å². The summed E-state index contributed by atoms with van der Waals surface area (Å²) in [5.41, 5.74) is 0. The van der Waals surface area contributed by atoms with E-state index in [2.05, 4.69) is 6.92 Å². The van der Waals surface area contributed by atoms with Crippen LogP contribution in [0.2, 0.25) is 0 Å². The Kier molecular flexibility index (Phi) is 9.31. The van der Waals surface area contributed by atoms with E-state index in [1.807, 2.05) is 0 Å². The zero-order valence-corrected chi connectivity index (χ0v) is 7.34. The predicted octanol–water partition coefficient (Wildman–Crippen LogP) is 2.17. The van der Waals surface area contributed by atoms with Crippen LogP contribution in [0.1, 0.15) is 39.0 Å². The first-order chi connectivity index (χ1) is 5.41. The third kappa shape index (κ3) is 9.63. The lowest BCUT2D eigenvalue weighted by atomic mass is 10.2. The highest BCUT2D eigenvalue weighted by Crippen LogP contribution is 2.01. The molecule has 0 heterocycles. The Bertz CT molecular complexity index is 81.6. The molecule has 0 aliphatic rings. The fourth-order valence-corrected chi connectivity index (χ4v) is 0.939. The summed E-state index contributed by atoms with van der Waals surface area (Å²) in [7, 11) is 0. The molecule has 0 aromatic rings. The second-order valence-corrected chi connectivity index (χ2v) is 2.66. The molecular formula is C9H18O2. The molecule has 0 amide bonds. The maximum atomic E-state index is 9.82. The van der Waals surface area contributed by atoms with Gasteiger partial charge in [-0.2, -0.15) is 0 Å². The third-order valence-electron chi connectivity index (χ3n) is 1.58. The average Bonchev–Trinajstić information content (AvgIpc) is 2.03. The molecule has 0 aromatic carbocycles. The molecule has 0 spiro atoms. The molecule has 11 heavy (non-hydrogen) atoms. The summed E-state index contributed by atoms with van der Waals surface area (Å²) in [4.78, 5) is 9.82. The molecule has 0 bridgehead atoms. The van der Waals surface area contributed by atoms with E-state index in [4.69, 9.17) is 4.74 Å². The van der Waals surface area contributed by atoms with E-state index in [0.29, 0.717) is 0 Å². The number of hydrogen-bond donors (Lipinski definition) is 0. The summed E-state index contributed by atoms with van der Waals surface area (Å²) in [6, 6.07) is 0. The zero-order chi connectivity index (χ0) is 8.36. The average molecular weight is 158 g/mol. The molecule has 0 saturated carbocycles. The molecule has 0 aliphatic carbocycles. The molecule has 0 atom stereocenters. The van der Waals surface area contributed by atoms with E-state index in [1.165, 1.54) is 25.7 Å². The third-order valence-corrected chi connectivity index (χ3v) is 1.58. The largest absolute Gasteiger partial charge is 0.374 e. The molecule has 0 fully saturated rings. The molecule has 0 saturated heterocycles. The van der Waals surface area contributed by atoms with Gasteiger partial charge in [0.2, 0.25) is 0 Å². The number of ether oxygens (including phenoxy) is 1. The lowest BCUT2D eigenvalue weighted by Crippen LogP contribution is -1.97. The van der Waals surface area contributed by atoms with Crippen molar-refractivity contribution in [3.8, 4) is 0 Å². The Morgan fingerprint density at radius 2 is 1.91 bits per heavy atom. The summed E-state index contributed by atoms with van der Waals surface area (Å²) < 4.78 is 4.99. The Balaban J connectivity index is 2.74. The van der Waals surface area contributed by atoms with Gasteiger partial charge in [0.25, 0.3) is 0 Å². The summed E-state index contributed by atoms with van der Waals surface area (Å²) >= 11 is 0. The van der Waals surface area contributed by atoms with Crippen LogP contribution in [0.4, 0.5) is 0 Å². The molecule has 2 heteroatoms. The van der Waals surface area contributed by atoms with E-state index in [1.54, 1.807) is 0 Å². The quantitative estimate of drug-likeness (QED) is 0.400. The van der Waals surface area contributed by atoms with Crippen LogP contribution < -0.4 is 0 Å². The number of carbonyl (C=O) groups excluding carboxylic acids is 1. The van der Waals surface area contributed by atoms with Crippen molar-refractivity contribution >= 4 is 6.29 Å². The van der Waals surface area contributed by atoms with Crippen molar-refractivity contribution in [2.24, 2.45) is 0 Å². The number of carbonyl (C=O) groups is 1. The van der Waals surface area contributed by atoms with Gasteiger partial charge in [-0.25, -0.2) is 0 Å². The molecule has 0 unspecified atom stereocenters. The molecule has 0 aliphatic heterocycles. The van der Waals surface area contributed by atoms with Crippen LogP contribution in [-0.4, -0.2) is 19.5 Å². The fourth-order valence-electron chi connectivity index (χ4n) is 0.939. The van der Waals surface area contributed by atoms with Gasteiger partial charge < -0.3 is 9.53 Å². The van der Waals surface area contributed by atoms with Crippen molar-refractivity contribution in [3.05, 3.63) is 0 Å². The number of unbranched alkanes of at least 4 members (excludes halogenated alkanes) is 4. The Hall–Kier alpha value is -0.370. The van der Waals surface area contributed by atoms with Crippen molar-refractivity contribution in [1.29, 1.82) is 0 Å². The monoisotopic (exact) mass is 158 g/mol. The summed E-state index contributed by atoms with van der Waals surface area (Å²) in [6.45, 7) is 3.19. The highest BCUT2D eigenvalue weighted by Gasteiger charge is 1.88. The Morgan fingerprint density at radius 1 is 1.18 bits per heavy atom. The second-order valence-electron chi connectivity index (χ2n) is 2.66. The maximum Gasteiger partial charge on any atom is 0.145 e. The normalized spacial score (nSPS) is 9.91. The number of aldehydes is 1. The van der Waals surface area contributed by atoms with Gasteiger partial charge in [-0.1, -0.05) is 32.6 Å². The molecule has 0 rings (SSSR count). The first-order valence-corrected chi connectivity index (χ1v) is 4.43. The molecule has 0 radical (unpaired) electrons. The van der Waals surface area contributed by atoms with Crippen molar-refractivity contribution in [1.82, 2.24) is 0 Å². The maximum absolute atomic E-state index is 9.82. The molecular weight excluding hydrogens is 140 g/mol. The van der Waals surface area contributed by atoms with Gasteiger partial charge in [-0.3, -0.25) is 0 Å². The molecule has 66 valence electrons. The van der Waals surface area contributed by atoms with E-state index in [-0.39, 0.29) is 6.61 Å². The van der Waals surface area contributed by atoms with Gasteiger partial charge in [0.05, 0.1) is 0 Å². The van der Waals surface area contributed by atoms with Crippen molar-refractivity contribution in [3.63, 3.8) is 0 Å². The first-order valence-electron chi connectivity index (χ1n) is 4.43. The minimum atomic E-state index is 0.258. The van der Waals surface area contributed by atoms with Crippen molar-refractivity contribution in [2.75, 3.05) is 13.2 Å². The highest BCUT2D eigenvalue weighted by atomic mass is 16.5. The van der Waals surface area contributed by atoms with Crippen molar-refractivity contribution in [2.45, 2.75) is 39.0 Å². The summed E-state index contributed by atoms with van der Waals surface area (Å²) in [5.74, 6) is 0. The van der Waals surface area contributed by atoms with Crippen molar-refractivity contribution < 1.29 is 9.53 Å². The molecule has 0 aromatic heterocycles. The Labute approximate surface area is 68.9 Å². The van der Waals surface area contributed by atoms with E-state index < -0.39 is 0 Å². The minimum absolute atomic E-state index is 0.258. The van der Waals surface area contributed by atoms with Gasteiger partial charge in [0.15, 0.2) is 0 Å². The van der Waals surface area contributed by atoms with E-state index in [0.717, 1.165) is 19.3 Å². The number of hydrogen-bond acceptors (Lipinski definition) is 2. The smallest absolute Gasteiger partial charge is 0.145 e. The minimum Gasteiger partial charge on any atom is -0.374 e. The fraction of sp³-hybridized carbons (Fsp3) is 0.889. The van der Waals surface area contributed by atoms with Crippen LogP contribution in [0, 0.1) is 0 Å². The highest BCUT2D eigenvalue weighted by molar-refractivity contribution is 5.50. The van der Waals surface area contributed by atoms with Gasteiger partial charge in [0.1, 0.15) is 12.9 Å². The SMILES string of the molecule is CCCCCCCOCC=O. The van der Waals surface area contributed by atoms with Gasteiger partial charge >= 0.3 is 0 Å². The second kappa shape index (κ2) is 9.63. The van der Waals surface area contributed by atoms with Crippen LogP contribution in [0.5, 0.6) is 0 Å². The number of rotatable bonds is 8. The van der Waals surface area contributed by atoms with Crippen LogP contribution in [0.15, 0.2) is 0 Å². The lowest BCUT2D eigenvalue weighted by Gasteiger charge is -1.99. The molecule has 0 N–H and O–H groups in total. The van der Waals surface area contributed by atoms with E-state index >= 15 is 0 Å². The lowest BCUT2D eigenvalue weighted by molar-refractivity contribution is -0.111. The van der Waals surface area contributed by atoms with Gasteiger partial charge in [0, 0.05) is 6.61 Å². The van der Waals surface area contributed by atoms with E-state index in [9.17, 15) is 4.79 Å². The standard InChI is InChI=1S/C9H18O2/c1-2-3-4-5-6-8-11-9-7-10/h7H,2-6,8-9H2,1H3. The van der Waals surface area contributed by atoms with Crippen LogP contribution >= 0.6 is 0 Å².